The van der Waals surface area contributed by atoms with Crippen LogP contribution in [-0.4, -0.2) is 44.4 Å². The number of nitrogens with zero attached hydrogens (tertiary/aromatic N) is 3. The van der Waals surface area contributed by atoms with E-state index in [1.54, 1.807) is 20.4 Å². The fraction of sp³-hybridized carbons (Fsp3) is 0.412. The average Bonchev–Trinajstić information content (AvgIpc) is 3.30. The molecule has 9 heteroatoms. The van der Waals surface area contributed by atoms with Crippen molar-refractivity contribution in [3.8, 4) is 5.75 Å². The van der Waals surface area contributed by atoms with Crippen LogP contribution in [0.2, 0.25) is 5.02 Å². The van der Waals surface area contributed by atoms with Gasteiger partial charge in [-0.25, -0.2) is 0 Å². The number of aromatic nitrogens is 1. The number of benzene rings is 1. The topological polar surface area (TPSA) is 74.9 Å². The Kier molecular flexibility index (Phi) is 7.83. The number of rotatable bonds is 5. The van der Waals surface area contributed by atoms with Crippen molar-refractivity contribution in [3.05, 3.63) is 41.2 Å². The van der Waals surface area contributed by atoms with Gasteiger partial charge in [0.25, 0.3) is 0 Å². The summed E-state index contributed by atoms with van der Waals surface area (Å²) in [5, 5.41) is 11.3. The Morgan fingerprint density at radius 3 is 3.00 bits per heavy atom. The van der Waals surface area contributed by atoms with E-state index in [0.29, 0.717) is 11.6 Å². The predicted molar refractivity (Wildman–Crippen MR) is 114 cm³/mol. The van der Waals surface area contributed by atoms with Gasteiger partial charge in [0.2, 0.25) is 0 Å². The molecule has 26 heavy (non-hydrogen) atoms. The summed E-state index contributed by atoms with van der Waals surface area (Å²) in [4.78, 5) is 6.54. The van der Waals surface area contributed by atoms with Gasteiger partial charge in [-0.15, -0.1) is 24.0 Å². The second-order valence-corrected chi connectivity index (χ2v) is 6.25. The van der Waals surface area contributed by atoms with Crippen LogP contribution < -0.4 is 20.3 Å². The average molecular weight is 492 g/mol. The SMILES string of the molecule is CN=C(NCc1ccon1)NC1CCN(c2cc(Cl)ccc2OC)C1.I. The fourth-order valence-corrected chi connectivity index (χ4v) is 3.06. The third-order valence-electron chi connectivity index (χ3n) is 4.16. The van der Waals surface area contributed by atoms with Crippen LogP contribution in [0.4, 0.5) is 5.69 Å². The van der Waals surface area contributed by atoms with Crippen LogP contribution in [0, 0.1) is 0 Å². The molecule has 1 aliphatic rings. The molecule has 1 unspecified atom stereocenters. The summed E-state index contributed by atoms with van der Waals surface area (Å²) in [7, 11) is 3.43. The first kappa shape index (κ1) is 20.6. The molecule has 1 aliphatic heterocycles. The summed E-state index contributed by atoms with van der Waals surface area (Å²) in [6.45, 7) is 2.34. The van der Waals surface area contributed by atoms with Gasteiger partial charge in [0.1, 0.15) is 17.7 Å². The molecule has 1 aromatic carbocycles. The molecule has 2 aromatic rings. The Morgan fingerprint density at radius 2 is 2.31 bits per heavy atom. The molecule has 0 aliphatic carbocycles. The van der Waals surface area contributed by atoms with Crippen molar-refractivity contribution in [3.63, 3.8) is 0 Å². The molecular formula is C17H23ClIN5O2. The van der Waals surface area contributed by atoms with E-state index in [-0.39, 0.29) is 30.0 Å². The smallest absolute Gasteiger partial charge is 0.191 e. The highest BCUT2D eigenvalue weighted by Crippen LogP contribution is 2.33. The number of nitrogens with one attached hydrogen (secondary N) is 2. The van der Waals surface area contributed by atoms with Gasteiger partial charge in [-0.05, 0) is 24.6 Å². The van der Waals surface area contributed by atoms with E-state index in [2.05, 4.69) is 25.7 Å². The molecular weight excluding hydrogens is 469 g/mol. The maximum Gasteiger partial charge on any atom is 0.191 e. The van der Waals surface area contributed by atoms with E-state index in [0.717, 1.165) is 42.6 Å². The van der Waals surface area contributed by atoms with Gasteiger partial charge in [-0.2, -0.15) is 0 Å². The zero-order valence-corrected chi connectivity index (χ0v) is 17.8. The third-order valence-corrected chi connectivity index (χ3v) is 4.40. The Hall–Kier alpha value is -1.68. The summed E-state index contributed by atoms with van der Waals surface area (Å²) >= 11 is 6.14. The van der Waals surface area contributed by atoms with E-state index in [1.807, 2.05) is 24.3 Å². The molecule has 142 valence electrons. The summed E-state index contributed by atoms with van der Waals surface area (Å²) in [6, 6.07) is 7.79. The number of anilines is 1. The normalized spacial score (nSPS) is 17.0. The first-order chi connectivity index (χ1) is 12.2. The number of hydrogen-bond donors (Lipinski definition) is 2. The zero-order valence-electron chi connectivity index (χ0n) is 14.7. The van der Waals surface area contributed by atoms with Gasteiger partial charge < -0.3 is 24.8 Å². The molecule has 7 nitrogen and oxygen atoms in total. The minimum atomic E-state index is 0. The molecule has 0 radical (unpaired) electrons. The second kappa shape index (κ2) is 9.86. The molecule has 1 aromatic heterocycles. The van der Waals surface area contributed by atoms with E-state index < -0.39 is 0 Å². The molecule has 0 bridgehead atoms. The van der Waals surface area contributed by atoms with Crippen LogP contribution in [0.1, 0.15) is 12.1 Å². The van der Waals surface area contributed by atoms with Gasteiger partial charge in [0.05, 0.1) is 19.3 Å². The molecule has 2 N–H and O–H groups in total. The standard InChI is InChI=1S/C17H22ClN5O2.HI/c1-19-17(20-10-13-6-8-25-22-13)21-14-5-7-23(11-14)15-9-12(18)3-4-16(15)24-2;/h3-4,6,8-9,14H,5,7,10-11H2,1-2H3,(H2,19,20,21);1H. The Labute approximate surface area is 175 Å². The van der Waals surface area contributed by atoms with Crippen LogP contribution in [0.5, 0.6) is 5.75 Å². The Morgan fingerprint density at radius 1 is 1.46 bits per heavy atom. The first-order valence-corrected chi connectivity index (χ1v) is 8.52. The second-order valence-electron chi connectivity index (χ2n) is 5.81. The summed E-state index contributed by atoms with van der Waals surface area (Å²) < 4.78 is 10.3. The molecule has 3 rings (SSSR count). The number of ether oxygens (including phenoxy) is 1. The van der Waals surface area contributed by atoms with Crippen LogP contribution in [-0.2, 0) is 6.54 Å². The Balaban J connectivity index is 0.00000243. The van der Waals surface area contributed by atoms with Gasteiger partial charge in [0.15, 0.2) is 5.96 Å². The molecule has 2 heterocycles. The summed E-state index contributed by atoms with van der Waals surface area (Å²) in [5.74, 6) is 1.58. The van der Waals surface area contributed by atoms with E-state index in [4.69, 9.17) is 20.9 Å². The molecule has 1 fully saturated rings. The van der Waals surface area contributed by atoms with Gasteiger partial charge in [0, 0.05) is 37.3 Å². The lowest BCUT2D eigenvalue weighted by molar-refractivity contribution is 0.410. The number of aliphatic imine (C=N–C) groups is 1. The van der Waals surface area contributed by atoms with Crippen molar-refractivity contribution in [2.45, 2.75) is 19.0 Å². The molecule has 0 spiro atoms. The summed E-state index contributed by atoms with van der Waals surface area (Å²) in [5.41, 5.74) is 1.85. The maximum absolute atomic E-state index is 6.14. The van der Waals surface area contributed by atoms with E-state index >= 15 is 0 Å². The lowest BCUT2D eigenvalue weighted by Gasteiger charge is -2.22. The predicted octanol–water partition coefficient (Wildman–Crippen LogP) is 2.90. The quantitative estimate of drug-likeness (QED) is 0.381. The number of halogens is 2. The highest BCUT2D eigenvalue weighted by Gasteiger charge is 2.25. The van der Waals surface area contributed by atoms with Crippen molar-refractivity contribution in [1.82, 2.24) is 15.8 Å². The number of guanidine groups is 1. The van der Waals surface area contributed by atoms with Crippen molar-refractivity contribution in [2.24, 2.45) is 4.99 Å². The number of hydrogen-bond acceptors (Lipinski definition) is 5. The van der Waals surface area contributed by atoms with Crippen LogP contribution in [0.15, 0.2) is 40.0 Å². The van der Waals surface area contributed by atoms with E-state index in [1.165, 1.54) is 0 Å². The first-order valence-electron chi connectivity index (χ1n) is 8.14. The minimum absolute atomic E-state index is 0. The largest absolute Gasteiger partial charge is 0.495 e. The lowest BCUT2D eigenvalue weighted by atomic mass is 10.2. The highest BCUT2D eigenvalue weighted by atomic mass is 127. The fourth-order valence-electron chi connectivity index (χ4n) is 2.90. The monoisotopic (exact) mass is 491 g/mol. The zero-order chi connectivity index (χ0) is 17.6. The van der Waals surface area contributed by atoms with Crippen LogP contribution in [0.3, 0.4) is 0 Å². The van der Waals surface area contributed by atoms with Crippen molar-refractivity contribution in [1.29, 1.82) is 0 Å². The minimum Gasteiger partial charge on any atom is -0.495 e. The Bertz CT molecular complexity index is 726. The van der Waals surface area contributed by atoms with Crippen molar-refractivity contribution >= 4 is 47.2 Å². The lowest BCUT2D eigenvalue weighted by Crippen LogP contribution is -2.44. The molecule has 0 saturated carbocycles. The van der Waals surface area contributed by atoms with Crippen LogP contribution in [0.25, 0.3) is 0 Å². The van der Waals surface area contributed by atoms with E-state index in [9.17, 15) is 0 Å². The van der Waals surface area contributed by atoms with Crippen LogP contribution >= 0.6 is 35.6 Å². The summed E-state index contributed by atoms with van der Waals surface area (Å²) in [6.07, 6.45) is 2.56. The highest BCUT2D eigenvalue weighted by molar-refractivity contribution is 14.0. The number of methoxy groups -OCH3 is 1. The molecule has 1 atom stereocenters. The van der Waals surface area contributed by atoms with Crippen molar-refractivity contribution in [2.75, 3.05) is 32.1 Å². The van der Waals surface area contributed by atoms with Gasteiger partial charge >= 0.3 is 0 Å². The third kappa shape index (κ3) is 5.16. The maximum atomic E-state index is 6.14. The van der Waals surface area contributed by atoms with Gasteiger partial charge in [-0.1, -0.05) is 16.8 Å². The molecule has 1 saturated heterocycles. The molecule has 0 amide bonds. The van der Waals surface area contributed by atoms with Gasteiger partial charge in [-0.3, -0.25) is 4.99 Å². The van der Waals surface area contributed by atoms with Crippen molar-refractivity contribution < 1.29 is 9.26 Å².